The van der Waals surface area contributed by atoms with Crippen molar-refractivity contribution in [3.8, 4) is 0 Å². The Morgan fingerprint density at radius 1 is 1.28 bits per heavy atom. The van der Waals surface area contributed by atoms with Gasteiger partial charge in [-0.3, -0.25) is 0 Å². The van der Waals surface area contributed by atoms with Crippen LogP contribution in [0.4, 0.5) is 0 Å². The van der Waals surface area contributed by atoms with E-state index in [1.807, 2.05) is 33.8 Å². The topological polar surface area (TPSA) is 62.6 Å². The summed E-state index contributed by atoms with van der Waals surface area (Å²) >= 11 is 0. The molecule has 3 heterocycles. The maximum atomic E-state index is 11.9. The normalized spacial score (nSPS) is 21.7. The van der Waals surface area contributed by atoms with Crippen LogP contribution in [0.2, 0.25) is 0 Å². The number of fused-ring (bicyclic) bond motifs is 1. The predicted octanol–water partition coefficient (Wildman–Crippen LogP) is 2.46. The molecule has 0 spiro atoms. The minimum absolute atomic E-state index is 0.395. The number of rotatable bonds is 3. The molecule has 2 aliphatic rings. The van der Waals surface area contributed by atoms with Crippen molar-refractivity contribution in [2.45, 2.75) is 57.8 Å². The van der Waals surface area contributed by atoms with Gasteiger partial charge in [0.25, 0.3) is 0 Å². The number of carbonyl (C=O) groups is 1. The Bertz CT molecular complexity index is 838. The number of hydrogen-bond acceptors (Lipinski definition) is 5. The van der Waals surface area contributed by atoms with Crippen molar-refractivity contribution in [2.75, 3.05) is 7.11 Å². The third-order valence-electron chi connectivity index (χ3n) is 5.57. The van der Waals surface area contributed by atoms with E-state index in [9.17, 15) is 4.79 Å². The first-order valence-electron chi connectivity index (χ1n) is 8.68. The van der Waals surface area contributed by atoms with Gasteiger partial charge in [-0.25, -0.2) is 9.78 Å². The number of carbonyl (C=O) groups excluding carboxylic acids is 1. The van der Waals surface area contributed by atoms with Gasteiger partial charge < -0.3 is 18.6 Å². The minimum atomic E-state index is -0.484. The van der Waals surface area contributed by atoms with Crippen LogP contribution in [0.3, 0.4) is 0 Å². The summed E-state index contributed by atoms with van der Waals surface area (Å²) in [5.74, 6) is -0.395. The number of esters is 1. The highest BCUT2D eigenvalue weighted by atomic mass is 16.7. The average molecular weight is 342 g/mol. The molecule has 1 aliphatic carbocycles. The van der Waals surface area contributed by atoms with Crippen molar-refractivity contribution >= 4 is 29.6 Å². The van der Waals surface area contributed by atoms with Crippen LogP contribution in [-0.2, 0) is 14.0 Å². The second-order valence-electron chi connectivity index (χ2n) is 7.90. The van der Waals surface area contributed by atoms with Gasteiger partial charge in [0, 0.05) is 29.3 Å². The van der Waals surface area contributed by atoms with E-state index in [4.69, 9.17) is 14.0 Å². The minimum Gasteiger partial charge on any atom is -0.465 e. The second-order valence-corrected chi connectivity index (χ2v) is 7.90. The first-order chi connectivity index (χ1) is 11.7. The van der Waals surface area contributed by atoms with E-state index in [0.717, 1.165) is 29.3 Å². The zero-order valence-electron chi connectivity index (χ0n) is 15.3. The summed E-state index contributed by atoms with van der Waals surface area (Å²) in [6.45, 7) is 8.13. The van der Waals surface area contributed by atoms with Gasteiger partial charge in [0.1, 0.15) is 5.65 Å². The fraction of sp³-hybridized carbons (Fsp3) is 0.556. The zero-order chi connectivity index (χ0) is 18.0. The van der Waals surface area contributed by atoms with Gasteiger partial charge in [0.05, 0.1) is 23.9 Å². The summed E-state index contributed by atoms with van der Waals surface area (Å²) in [6, 6.07) is 2.29. The molecule has 2 fully saturated rings. The molecule has 4 rings (SSSR count). The molecule has 1 saturated heterocycles. The smallest absolute Gasteiger partial charge is 0.465 e. The molecule has 6 nitrogen and oxygen atoms in total. The van der Waals surface area contributed by atoms with Crippen LogP contribution in [-0.4, -0.2) is 41.0 Å². The van der Waals surface area contributed by atoms with E-state index < -0.39 is 24.3 Å². The summed E-state index contributed by atoms with van der Waals surface area (Å²) in [6.07, 6.45) is 5.93. The molecule has 0 N–H and O–H groups in total. The van der Waals surface area contributed by atoms with Gasteiger partial charge in [0.2, 0.25) is 0 Å². The molecule has 0 bridgehead atoms. The van der Waals surface area contributed by atoms with Crippen molar-refractivity contribution in [3.63, 3.8) is 0 Å². The highest BCUT2D eigenvalue weighted by Gasteiger charge is 2.52. The fourth-order valence-corrected chi connectivity index (χ4v) is 3.17. The standard InChI is InChI=1S/C18H23BN2O4/c1-17(2)18(3,4)25-19(24-17)14-10-21(12-6-7-12)15-13(14)8-11(9-20-15)16(22)23-5/h8-10,12H,6-7H2,1-5H3. The van der Waals surface area contributed by atoms with E-state index in [2.05, 4.69) is 15.7 Å². The number of nitrogens with zero attached hydrogens (tertiary/aromatic N) is 2. The second kappa shape index (κ2) is 5.32. The highest BCUT2D eigenvalue weighted by molar-refractivity contribution is 6.65. The summed E-state index contributed by atoms with van der Waals surface area (Å²) < 4.78 is 19.5. The fourth-order valence-electron chi connectivity index (χ4n) is 3.17. The first kappa shape index (κ1) is 16.6. The Morgan fingerprint density at radius 2 is 1.92 bits per heavy atom. The van der Waals surface area contributed by atoms with Crippen molar-refractivity contribution < 1.29 is 18.8 Å². The molecule has 0 aromatic carbocycles. The average Bonchev–Trinajstić information content (AvgIpc) is 3.28. The van der Waals surface area contributed by atoms with Crippen LogP contribution in [0.15, 0.2) is 18.5 Å². The van der Waals surface area contributed by atoms with Crippen molar-refractivity contribution in [3.05, 3.63) is 24.0 Å². The maximum Gasteiger partial charge on any atom is 0.497 e. The quantitative estimate of drug-likeness (QED) is 0.633. The predicted molar refractivity (Wildman–Crippen MR) is 95.1 cm³/mol. The molecule has 0 unspecified atom stereocenters. The van der Waals surface area contributed by atoms with E-state index in [1.165, 1.54) is 7.11 Å². The van der Waals surface area contributed by atoms with Gasteiger partial charge in [-0.15, -0.1) is 0 Å². The molecule has 132 valence electrons. The largest absolute Gasteiger partial charge is 0.497 e. The molecule has 2 aromatic heterocycles. The third kappa shape index (κ3) is 2.57. The molecular formula is C18H23BN2O4. The monoisotopic (exact) mass is 342 g/mol. The molecular weight excluding hydrogens is 319 g/mol. The first-order valence-corrected chi connectivity index (χ1v) is 8.68. The van der Waals surface area contributed by atoms with Crippen molar-refractivity contribution in [1.82, 2.24) is 9.55 Å². The highest BCUT2D eigenvalue weighted by Crippen LogP contribution is 2.39. The van der Waals surface area contributed by atoms with Crippen molar-refractivity contribution in [1.29, 1.82) is 0 Å². The summed E-state index contributed by atoms with van der Waals surface area (Å²) in [5.41, 5.74) is 1.37. The van der Waals surface area contributed by atoms with Gasteiger partial charge >= 0.3 is 13.1 Å². The lowest BCUT2D eigenvalue weighted by Crippen LogP contribution is -2.41. The lowest BCUT2D eigenvalue weighted by atomic mass is 9.79. The molecule has 2 aromatic rings. The SMILES string of the molecule is COC(=O)c1cnc2c(c1)c(B1OC(C)(C)C(C)(C)O1)cn2C1CC1. The Kier molecular flexibility index (Phi) is 3.53. The zero-order valence-corrected chi connectivity index (χ0v) is 15.3. The van der Waals surface area contributed by atoms with E-state index in [1.54, 1.807) is 6.20 Å². The summed E-state index contributed by atoms with van der Waals surface area (Å²) in [7, 11) is 0.888. The van der Waals surface area contributed by atoms with E-state index in [0.29, 0.717) is 11.6 Å². The lowest BCUT2D eigenvalue weighted by molar-refractivity contribution is 0.00578. The van der Waals surface area contributed by atoms with E-state index in [-0.39, 0.29) is 0 Å². The summed E-state index contributed by atoms with van der Waals surface area (Å²) in [4.78, 5) is 16.4. The van der Waals surface area contributed by atoms with E-state index >= 15 is 0 Å². The van der Waals surface area contributed by atoms with Crippen molar-refractivity contribution in [2.24, 2.45) is 0 Å². The van der Waals surface area contributed by atoms with Crippen LogP contribution < -0.4 is 5.46 Å². The number of hydrogen-bond donors (Lipinski definition) is 0. The molecule has 0 atom stereocenters. The maximum absolute atomic E-state index is 11.9. The van der Waals surface area contributed by atoms with Crippen LogP contribution in [0, 0.1) is 0 Å². The van der Waals surface area contributed by atoms with Gasteiger partial charge in [-0.2, -0.15) is 0 Å². The molecule has 25 heavy (non-hydrogen) atoms. The lowest BCUT2D eigenvalue weighted by Gasteiger charge is -2.32. The summed E-state index contributed by atoms with van der Waals surface area (Å²) in [5, 5.41) is 0.883. The Balaban J connectivity index is 1.84. The van der Waals surface area contributed by atoms with Crippen LogP contribution in [0.1, 0.15) is 56.9 Å². The third-order valence-corrected chi connectivity index (χ3v) is 5.57. The van der Waals surface area contributed by atoms with Gasteiger partial charge in [-0.05, 0) is 46.6 Å². The number of methoxy groups -OCH3 is 1. The number of pyridine rings is 1. The molecule has 1 aliphatic heterocycles. The Labute approximate surface area is 147 Å². The molecule has 1 saturated carbocycles. The number of ether oxygens (including phenoxy) is 1. The molecule has 7 heteroatoms. The van der Waals surface area contributed by atoms with Gasteiger partial charge in [-0.1, -0.05) is 0 Å². The van der Waals surface area contributed by atoms with Crippen LogP contribution >= 0.6 is 0 Å². The molecule has 0 radical (unpaired) electrons. The number of aromatic nitrogens is 2. The van der Waals surface area contributed by atoms with Crippen LogP contribution in [0.25, 0.3) is 11.0 Å². The Morgan fingerprint density at radius 3 is 2.48 bits per heavy atom. The van der Waals surface area contributed by atoms with Crippen LogP contribution in [0.5, 0.6) is 0 Å². The Hall–Kier alpha value is -1.86. The molecule has 0 amide bonds. The van der Waals surface area contributed by atoms with Gasteiger partial charge in [0.15, 0.2) is 0 Å².